The minimum atomic E-state index is -0.788. The van der Waals surface area contributed by atoms with E-state index < -0.39 is 5.97 Å². The van der Waals surface area contributed by atoms with Crippen molar-refractivity contribution in [1.82, 2.24) is 14.7 Å². The van der Waals surface area contributed by atoms with Gasteiger partial charge < -0.3 is 10.0 Å². The topological polar surface area (TPSA) is 64.1 Å². The fraction of sp³-hybridized carbons (Fsp3) is 0.647. The first-order chi connectivity index (χ1) is 11.5. The monoisotopic (exact) mass is 353 g/mol. The fourth-order valence-electron chi connectivity index (χ4n) is 3.12. The van der Waals surface area contributed by atoms with Crippen LogP contribution in [0.25, 0.3) is 0 Å². The zero-order valence-corrected chi connectivity index (χ0v) is 15.3. The Morgan fingerprint density at radius 2 is 2.12 bits per heavy atom. The van der Waals surface area contributed by atoms with Crippen LogP contribution in [0, 0.1) is 0 Å². The van der Waals surface area contributed by atoms with Gasteiger partial charge in [-0.2, -0.15) is 0 Å². The minimum Gasteiger partial charge on any atom is -0.480 e. The Morgan fingerprint density at radius 3 is 2.79 bits per heavy atom. The van der Waals surface area contributed by atoms with Gasteiger partial charge in [0.25, 0.3) is 0 Å². The van der Waals surface area contributed by atoms with Crippen molar-refractivity contribution in [2.45, 2.75) is 31.8 Å². The van der Waals surface area contributed by atoms with Crippen molar-refractivity contribution in [3.05, 3.63) is 22.4 Å². The van der Waals surface area contributed by atoms with Crippen LogP contribution in [0.1, 0.15) is 24.1 Å². The van der Waals surface area contributed by atoms with Gasteiger partial charge in [0, 0.05) is 24.5 Å². The normalized spacial score (nSPS) is 19.2. The molecule has 0 radical (unpaired) electrons. The number of carbonyl (C=O) groups is 2. The van der Waals surface area contributed by atoms with Crippen LogP contribution in [-0.4, -0.2) is 78.0 Å². The van der Waals surface area contributed by atoms with Gasteiger partial charge in [-0.3, -0.25) is 19.4 Å². The van der Waals surface area contributed by atoms with Gasteiger partial charge in [0.05, 0.1) is 19.6 Å². The molecule has 1 fully saturated rings. The summed E-state index contributed by atoms with van der Waals surface area (Å²) in [6, 6.07) is 4.33. The molecule has 24 heavy (non-hydrogen) atoms. The van der Waals surface area contributed by atoms with E-state index in [0.29, 0.717) is 13.1 Å². The van der Waals surface area contributed by atoms with Crippen LogP contribution in [0.4, 0.5) is 0 Å². The van der Waals surface area contributed by atoms with Crippen molar-refractivity contribution in [3.63, 3.8) is 0 Å². The molecular formula is C17H27N3O3S. The maximum atomic E-state index is 12.4. The van der Waals surface area contributed by atoms with Crippen LogP contribution >= 0.6 is 11.3 Å². The van der Waals surface area contributed by atoms with Crippen LogP contribution in [0.5, 0.6) is 0 Å². The molecule has 1 atom stereocenters. The highest BCUT2D eigenvalue weighted by atomic mass is 32.1. The number of amides is 1. The maximum absolute atomic E-state index is 12.4. The smallest absolute Gasteiger partial charge is 0.317 e. The van der Waals surface area contributed by atoms with E-state index in [4.69, 9.17) is 5.11 Å². The van der Waals surface area contributed by atoms with E-state index in [1.807, 2.05) is 36.5 Å². The number of likely N-dealkylation sites (tertiary alicyclic amines) is 1. The molecule has 1 aliphatic rings. The van der Waals surface area contributed by atoms with E-state index in [1.54, 1.807) is 16.2 Å². The van der Waals surface area contributed by atoms with Gasteiger partial charge in [-0.1, -0.05) is 6.07 Å². The second-order valence-electron chi connectivity index (χ2n) is 6.50. The van der Waals surface area contributed by atoms with E-state index in [2.05, 4.69) is 4.90 Å². The Labute approximate surface area is 147 Å². The lowest BCUT2D eigenvalue weighted by Crippen LogP contribution is -2.39. The lowest BCUT2D eigenvalue weighted by Gasteiger charge is -2.26. The Kier molecular flexibility index (Phi) is 7.20. The van der Waals surface area contributed by atoms with Crippen LogP contribution < -0.4 is 0 Å². The van der Waals surface area contributed by atoms with E-state index >= 15 is 0 Å². The van der Waals surface area contributed by atoms with Crippen LogP contribution in [0.2, 0.25) is 0 Å². The summed E-state index contributed by atoms with van der Waals surface area (Å²) in [6.07, 6.45) is 2.89. The zero-order valence-electron chi connectivity index (χ0n) is 14.5. The number of thiophene rings is 1. The summed E-state index contributed by atoms with van der Waals surface area (Å²) in [5, 5.41) is 10.9. The molecule has 2 heterocycles. The molecule has 0 bridgehead atoms. The number of carboxylic acid groups (broad SMARTS) is 1. The van der Waals surface area contributed by atoms with Crippen molar-refractivity contribution >= 4 is 23.2 Å². The average molecular weight is 353 g/mol. The molecule has 134 valence electrons. The number of hydrogen-bond donors (Lipinski definition) is 1. The minimum absolute atomic E-state index is 0.0765. The summed E-state index contributed by atoms with van der Waals surface area (Å²) >= 11 is 1.67. The van der Waals surface area contributed by atoms with Crippen LogP contribution in [-0.2, 0) is 16.1 Å². The first-order valence-corrected chi connectivity index (χ1v) is 9.24. The van der Waals surface area contributed by atoms with Crippen molar-refractivity contribution < 1.29 is 14.7 Å². The summed E-state index contributed by atoms with van der Waals surface area (Å²) in [7, 11) is 3.72. The molecule has 1 aromatic heterocycles. The molecular weight excluding hydrogens is 326 g/mol. The highest BCUT2D eigenvalue weighted by Crippen LogP contribution is 2.16. The third-order valence-electron chi connectivity index (χ3n) is 4.56. The van der Waals surface area contributed by atoms with E-state index in [0.717, 1.165) is 32.4 Å². The number of likely N-dealkylation sites (N-methyl/N-ethyl adjacent to an activating group) is 2. The Morgan fingerprint density at radius 1 is 1.33 bits per heavy atom. The predicted molar refractivity (Wildman–Crippen MR) is 95.1 cm³/mol. The van der Waals surface area contributed by atoms with Crippen LogP contribution in [0.15, 0.2) is 17.5 Å². The highest BCUT2D eigenvalue weighted by Gasteiger charge is 2.23. The van der Waals surface area contributed by atoms with Gasteiger partial charge in [0.1, 0.15) is 0 Å². The molecule has 0 spiro atoms. The molecule has 7 heteroatoms. The number of carbonyl (C=O) groups excluding carboxylic acids is 1. The molecule has 1 N–H and O–H groups in total. The third-order valence-corrected chi connectivity index (χ3v) is 5.42. The van der Waals surface area contributed by atoms with E-state index in [1.165, 1.54) is 4.88 Å². The number of rotatable bonds is 7. The number of hydrogen-bond acceptors (Lipinski definition) is 5. The predicted octanol–water partition coefficient (Wildman–Crippen LogP) is 1.58. The van der Waals surface area contributed by atoms with Gasteiger partial charge >= 0.3 is 5.97 Å². The molecule has 1 unspecified atom stereocenters. The Hall–Kier alpha value is -1.44. The van der Waals surface area contributed by atoms with E-state index in [9.17, 15) is 9.59 Å². The lowest BCUT2D eigenvalue weighted by atomic mass is 10.1. The van der Waals surface area contributed by atoms with Gasteiger partial charge in [-0.05, 0) is 44.3 Å². The summed E-state index contributed by atoms with van der Waals surface area (Å²) in [5.74, 6) is -0.648. The molecule has 1 aromatic rings. The largest absolute Gasteiger partial charge is 0.480 e. The number of carboxylic acids is 1. The highest BCUT2D eigenvalue weighted by molar-refractivity contribution is 7.09. The quantitative estimate of drug-likeness (QED) is 0.806. The Bertz CT molecular complexity index is 535. The summed E-state index contributed by atoms with van der Waals surface area (Å²) in [5.41, 5.74) is 0. The molecule has 1 amide bonds. The number of nitrogens with zero attached hydrogens (tertiary/aromatic N) is 3. The van der Waals surface area contributed by atoms with Gasteiger partial charge in [0.15, 0.2) is 0 Å². The summed E-state index contributed by atoms with van der Waals surface area (Å²) < 4.78 is 0. The zero-order chi connectivity index (χ0) is 17.5. The van der Waals surface area contributed by atoms with Crippen molar-refractivity contribution in [2.24, 2.45) is 0 Å². The molecule has 2 rings (SSSR count). The SMILES string of the molecule is CN(Cc1cccs1)C(=O)CN1CCCC(N(C)CC(=O)O)CC1. The molecule has 1 aliphatic heterocycles. The van der Waals surface area contributed by atoms with Crippen molar-refractivity contribution in [1.29, 1.82) is 0 Å². The second kappa shape index (κ2) is 9.15. The standard InChI is InChI=1S/C17H27N3O3S/c1-18(13-17(22)23)14-5-3-8-20(9-7-14)12-16(21)19(2)11-15-6-4-10-24-15/h4,6,10,14H,3,5,7-9,11-13H2,1-2H3,(H,22,23). The van der Waals surface area contributed by atoms with Gasteiger partial charge in [-0.15, -0.1) is 11.3 Å². The number of aliphatic carboxylic acids is 1. The first kappa shape index (κ1) is 18.9. The second-order valence-corrected chi connectivity index (χ2v) is 7.53. The summed E-state index contributed by atoms with van der Waals surface area (Å²) in [6.45, 7) is 2.92. The average Bonchev–Trinajstić information content (AvgIpc) is 2.90. The van der Waals surface area contributed by atoms with Gasteiger partial charge in [-0.25, -0.2) is 0 Å². The first-order valence-electron chi connectivity index (χ1n) is 8.36. The summed E-state index contributed by atoms with van der Waals surface area (Å²) in [4.78, 5) is 30.3. The molecule has 1 saturated heterocycles. The van der Waals surface area contributed by atoms with E-state index in [-0.39, 0.29) is 18.5 Å². The van der Waals surface area contributed by atoms with Crippen molar-refractivity contribution in [2.75, 3.05) is 40.3 Å². The molecule has 0 aromatic carbocycles. The Balaban J connectivity index is 1.78. The van der Waals surface area contributed by atoms with Crippen LogP contribution in [0.3, 0.4) is 0 Å². The maximum Gasteiger partial charge on any atom is 0.317 e. The van der Waals surface area contributed by atoms with Gasteiger partial charge in [0.2, 0.25) is 5.91 Å². The fourth-order valence-corrected chi connectivity index (χ4v) is 3.87. The molecule has 0 aliphatic carbocycles. The van der Waals surface area contributed by atoms with Crippen molar-refractivity contribution in [3.8, 4) is 0 Å². The molecule has 0 saturated carbocycles. The third kappa shape index (κ3) is 5.89. The molecule has 6 nitrogen and oxygen atoms in total. The lowest BCUT2D eigenvalue weighted by molar-refractivity contribution is -0.138.